The minimum absolute atomic E-state index is 0.0907. The molecule has 0 atom stereocenters. The van der Waals surface area contributed by atoms with E-state index in [1.807, 2.05) is 12.1 Å². The van der Waals surface area contributed by atoms with Crippen molar-refractivity contribution in [3.63, 3.8) is 0 Å². The SMILES string of the molecule is CC(C)(C)c1ccccc1N1CC=C(C(=O)O)CC1. The van der Waals surface area contributed by atoms with Crippen molar-refractivity contribution in [2.75, 3.05) is 18.0 Å². The van der Waals surface area contributed by atoms with Crippen LogP contribution < -0.4 is 4.90 Å². The summed E-state index contributed by atoms with van der Waals surface area (Å²) < 4.78 is 0. The number of hydrogen-bond acceptors (Lipinski definition) is 2. The summed E-state index contributed by atoms with van der Waals surface area (Å²) in [5, 5.41) is 8.99. The van der Waals surface area contributed by atoms with Crippen LogP contribution >= 0.6 is 0 Å². The highest BCUT2D eigenvalue weighted by Gasteiger charge is 2.23. The van der Waals surface area contributed by atoms with Gasteiger partial charge in [0.15, 0.2) is 0 Å². The molecule has 0 spiro atoms. The molecule has 0 fully saturated rings. The molecule has 1 aromatic carbocycles. The van der Waals surface area contributed by atoms with E-state index in [2.05, 4.69) is 43.9 Å². The summed E-state index contributed by atoms with van der Waals surface area (Å²) in [5.41, 5.74) is 3.15. The van der Waals surface area contributed by atoms with Gasteiger partial charge in [0.05, 0.1) is 0 Å². The average molecular weight is 259 g/mol. The summed E-state index contributed by atoms with van der Waals surface area (Å²) in [6, 6.07) is 8.39. The molecule has 0 radical (unpaired) electrons. The van der Waals surface area contributed by atoms with E-state index in [9.17, 15) is 4.79 Å². The number of rotatable bonds is 2. The van der Waals surface area contributed by atoms with Gasteiger partial charge in [-0.1, -0.05) is 45.0 Å². The van der Waals surface area contributed by atoms with Gasteiger partial charge in [0.1, 0.15) is 0 Å². The monoisotopic (exact) mass is 259 g/mol. The van der Waals surface area contributed by atoms with Crippen molar-refractivity contribution in [1.82, 2.24) is 0 Å². The van der Waals surface area contributed by atoms with Gasteiger partial charge in [-0.15, -0.1) is 0 Å². The van der Waals surface area contributed by atoms with E-state index in [0.29, 0.717) is 18.5 Å². The van der Waals surface area contributed by atoms with Crippen LogP contribution in [0.4, 0.5) is 5.69 Å². The van der Waals surface area contributed by atoms with Gasteiger partial charge in [0, 0.05) is 24.4 Å². The van der Waals surface area contributed by atoms with Crippen LogP contribution in [-0.2, 0) is 10.2 Å². The largest absolute Gasteiger partial charge is 0.478 e. The van der Waals surface area contributed by atoms with Gasteiger partial charge in [0.25, 0.3) is 0 Å². The fraction of sp³-hybridized carbons (Fsp3) is 0.438. The van der Waals surface area contributed by atoms with Crippen LogP contribution in [0, 0.1) is 0 Å². The number of carboxylic acids is 1. The summed E-state index contributed by atoms with van der Waals surface area (Å²) >= 11 is 0. The fourth-order valence-electron chi connectivity index (χ4n) is 2.47. The summed E-state index contributed by atoms with van der Waals surface area (Å²) in [5.74, 6) is -0.788. The third-order valence-corrected chi connectivity index (χ3v) is 3.54. The quantitative estimate of drug-likeness (QED) is 0.886. The van der Waals surface area contributed by atoms with Crippen molar-refractivity contribution >= 4 is 11.7 Å². The van der Waals surface area contributed by atoms with Crippen LogP contribution in [-0.4, -0.2) is 24.2 Å². The summed E-state index contributed by atoms with van der Waals surface area (Å²) in [7, 11) is 0. The number of aliphatic carboxylic acids is 1. The van der Waals surface area contributed by atoms with Gasteiger partial charge < -0.3 is 10.0 Å². The number of hydrogen-bond donors (Lipinski definition) is 1. The van der Waals surface area contributed by atoms with Gasteiger partial charge in [-0.3, -0.25) is 0 Å². The minimum atomic E-state index is -0.788. The first kappa shape index (κ1) is 13.7. The molecule has 0 unspecified atom stereocenters. The molecule has 1 aliphatic rings. The Morgan fingerprint density at radius 3 is 2.47 bits per heavy atom. The maximum absolute atomic E-state index is 10.9. The Kier molecular flexibility index (Phi) is 3.65. The van der Waals surface area contributed by atoms with E-state index in [-0.39, 0.29) is 5.41 Å². The van der Waals surface area contributed by atoms with Crippen LogP contribution in [0.5, 0.6) is 0 Å². The standard InChI is InChI=1S/C16H21NO2/c1-16(2,3)13-6-4-5-7-14(13)17-10-8-12(9-11-17)15(18)19/h4-8H,9-11H2,1-3H3,(H,18,19). The molecule has 2 rings (SSSR count). The lowest BCUT2D eigenvalue weighted by molar-refractivity contribution is -0.132. The van der Waals surface area contributed by atoms with Crippen LogP contribution in [0.25, 0.3) is 0 Å². The number of nitrogens with zero attached hydrogens (tertiary/aromatic N) is 1. The molecule has 102 valence electrons. The lowest BCUT2D eigenvalue weighted by Crippen LogP contribution is -2.32. The van der Waals surface area contributed by atoms with Crippen LogP contribution in [0.2, 0.25) is 0 Å². The third kappa shape index (κ3) is 2.98. The van der Waals surface area contributed by atoms with Crippen LogP contribution in [0.1, 0.15) is 32.8 Å². The molecule has 1 aromatic rings. The van der Waals surface area contributed by atoms with E-state index in [0.717, 1.165) is 6.54 Å². The van der Waals surface area contributed by atoms with Crippen LogP contribution in [0.15, 0.2) is 35.9 Å². The summed E-state index contributed by atoms with van der Waals surface area (Å²) in [6.07, 6.45) is 2.43. The van der Waals surface area contributed by atoms with Crippen molar-refractivity contribution in [2.24, 2.45) is 0 Å². The molecule has 3 heteroatoms. The first-order valence-electron chi connectivity index (χ1n) is 6.66. The van der Waals surface area contributed by atoms with Crippen molar-refractivity contribution in [3.8, 4) is 0 Å². The van der Waals surface area contributed by atoms with Crippen LogP contribution in [0.3, 0.4) is 0 Å². The maximum Gasteiger partial charge on any atom is 0.331 e. The second-order valence-electron chi connectivity index (χ2n) is 6.00. The highest BCUT2D eigenvalue weighted by Crippen LogP contribution is 2.32. The Balaban J connectivity index is 2.28. The molecule has 0 bridgehead atoms. The first-order valence-corrected chi connectivity index (χ1v) is 6.66. The van der Waals surface area contributed by atoms with E-state index < -0.39 is 5.97 Å². The zero-order valence-corrected chi connectivity index (χ0v) is 11.8. The number of benzene rings is 1. The molecular weight excluding hydrogens is 238 g/mol. The predicted octanol–water partition coefficient (Wildman–Crippen LogP) is 3.21. The molecule has 0 amide bonds. The Bertz CT molecular complexity index is 512. The van der Waals surface area contributed by atoms with E-state index in [1.165, 1.54) is 11.3 Å². The fourth-order valence-corrected chi connectivity index (χ4v) is 2.47. The number of carbonyl (C=O) groups is 1. The molecule has 1 N–H and O–H groups in total. The van der Waals surface area contributed by atoms with Gasteiger partial charge >= 0.3 is 5.97 Å². The Morgan fingerprint density at radius 1 is 1.26 bits per heavy atom. The molecule has 0 saturated carbocycles. The molecule has 1 aliphatic heterocycles. The Labute approximate surface area is 114 Å². The lowest BCUT2D eigenvalue weighted by Gasteiger charge is -2.33. The minimum Gasteiger partial charge on any atom is -0.478 e. The van der Waals surface area contributed by atoms with E-state index >= 15 is 0 Å². The molecule has 0 aromatic heterocycles. The first-order chi connectivity index (χ1) is 8.89. The van der Waals surface area contributed by atoms with Crippen molar-refractivity contribution in [2.45, 2.75) is 32.6 Å². The van der Waals surface area contributed by atoms with Gasteiger partial charge in [-0.05, 0) is 23.5 Å². The molecule has 3 nitrogen and oxygen atoms in total. The number of para-hydroxylation sites is 1. The highest BCUT2D eigenvalue weighted by molar-refractivity contribution is 5.87. The zero-order chi connectivity index (χ0) is 14.0. The average Bonchev–Trinajstić information content (AvgIpc) is 2.38. The molecule has 1 heterocycles. The molecule has 0 saturated heterocycles. The lowest BCUT2D eigenvalue weighted by atomic mass is 9.85. The van der Waals surface area contributed by atoms with E-state index in [4.69, 9.17) is 5.11 Å². The normalized spacial score (nSPS) is 16.2. The topological polar surface area (TPSA) is 40.5 Å². The maximum atomic E-state index is 10.9. The van der Waals surface area contributed by atoms with E-state index in [1.54, 1.807) is 0 Å². The molecule has 19 heavy (non-hydrogen) atoms. The van der Waals surface area contributed by atoms with Gasteiger partial charge in [-0.2, -0.15) is 0 Å². The predicted molar refractivity (Wildman–Crippen MR) is 77.7 cm³/mol. The Hall–Kier alpha value is -1.77. The third-order valence-electron chi connectivity index (χ3n) is 3.54. The zero-order valence-electron chi connectivity index (χ0n) is 11.8. The van der Waals surface area contributed by atoms with Crippen molar-refractivity contribution in [3.05, 3.63) is 41.5 Å². The second kappa shape index (κ2) is 5.08. The van der Waals surface area contributed by atoms with Gasteiger partial charge in [-0.25, -0.2) is 4.79 Å². The second-order valence-corrected chi connectivity index (χ2v) is 6.00. The smallest absolute Gasteiger partial charge is 0.331 e. The number of carboxylic acid groups (broad SMARTS) is 1. The molecular formula is C16H21NO2. The summed E-state index contributed by atoms with van der Waals surface area (Å²) in [6.45, 7) is 8.05. The summed E-state index contributed by atoms with van der Waals surface area (Å²) in [4.78, 5) is 13.2. The van der Waals surface area contributed by atoms with Gasteiger partial charge in [0.2, 0.25) is 0 Å². The van der Waals surface area contributed by atoms with Crippen molar-refractivity contribution < 1.29 is 9.90 Å². The Morgan fingerprint density at radius 2 is 1.95 bits per heavy atom. The highest BCUT2D eigenvalue weighted by atomic mass is 16.4. The van der Waals surface area contributed by atoms with Crippen molar-refractivity contribution in [1.29, 1.82) is 0 Å². The molecule has 0 aliphatic carbocycles. The number of anilines is 1.